The van der Waals surface area contributed by atoms with Crippen LogP contribution in [0.3, 0.4) is 0 Å². The van der Waals surface area contributed by atoms with E-state index < -0.39 is 6.04 Å². The van der Waals surface area contributed by atoms with Gasteiger partial charge in [0.2, 0.25) is 5.91 Å². The Balaban J connectivity index is 2.22. The lowest BCUT2D eigenvalue weighted by molar-refractivity contribution is -0.122. The van der Waals surface area contributed by atoms with E-state index in [-0.39, 0.29) is 11.8 Å². The van der Waals surface area contributed by atoms with Gasteiger partial charge in [0.05, 0.1) is 11.1 Å². The molecule has 5 nitrogen and oxygen atoms in total. The second kappa shape index (κ2) is 6.14. The molecule has 0 aliphatic carbocycles. The van der Waals surface area contributed by atoms with E-state index in [1.165, 1.54) is 0 Å². The number of nitrogens with one attached hydrogen (secondary N) is 2. The van der Waals surface area contributed by atoms with Gasteiger partial charge < -0.3 is 10.6 Å². The first-order valence-electron chi connectivity index (χ1n) is 6.55. The first-order valence-corrected chi connectivity index (χ1v) is 6.55. The van der Waals surface area contributed by atoms with Crippen molar-refractivity contribution in [3.05, 3.63) is 42.1 Å². The molecule has 104 valence electrons. The molecule has 5 heteroatoms. The Hall–Kier alpha value is -2.43. The van der Waals surface area contributed by atoms with Gasteiger partial charge in [-0.1, -0.05) is 18.2 Å². The van der Waals surface area contributed by atoms with Gasteiger partial charge in [0, 0.05) is 18.1 Å². The van der Waals surface area contributed by atoms with E-state index in [0.717, 1.165) is 5.39 Å². The Labute approximate surface area is 117 Å². The number of rotatable bonds is 4. The number of aromatic nitrogens is 1. The molecule has 2 aromatic rings. The molecule has 0 aliphatic rings. The molecule has 2 rings (SSSR count). The van der Waals surface area contributed by atoms with E-state index in [1.54, 1.807) is 25.3 Å². The van der Waals surface area contributed by atoms with Gasteiger partial charge in [0.1, 0.15) is 6.04 Å². The molecule has 1 atom stereocenters. The number of benzene rings is 1. The van der Waals surface area contributed by atoms with Crippen molar-refractivity contribution in [1.29, 1.82) is 0 Å². The van der Waals surface area contributed by atoms with E-state index in [4.69, 9.17) is 0 Å². The molecule has 0 saturated heterocycles. The largest absolute Gasteiger partial charge is 0.355 e. The number of amides is 2. The molecular weight excluding hydrogens is 254 g/mol. The van der Waals surface area contributed by atoms with Gasteiger partial charge in [-0.15, -0.1) is 0 Å². The fourth-order valence-electron chi connectivity index (χ4n) is 1.95. The maximum absolute atomic E-state index is 12.2. The highest BCUT2D eigenvalue weighted by molar-refractivity contribution is 6.06. The fourth-order valence-corrected chi connectivity index (χ4v) is 1.95. The van der Waals surface area contributed by atoms with Crippen LogP contribution in [0.25, 0.3) is 10.9 Å². The van der Waals surface area contributed by atoms with Crippen LogP contribution in [-0.2, 0) is 4.79 Å². The van der Waals surface area contributed by atoms with E-state index in [9.17, 15) is 9.59 Å². The van der Waals surface area contributed by atoms with Crippen molar-refractivity contribution in [3.8, 4) is 0 Å². The minimum absolute atomic E-state index is 0.200. The fraction of sp³-hybridized carbons (Fsp3) is 0.267. The highest BCUT2D eigenvalue weighted by atomic mass is 16.2. The summed E-state index contributed by atoms with van der Waals surface area (Å²) in [4.78, 5) is 28.1. The predicted octanol–water partition coefficient (Wildman–Crippen LogP) is 1.49. The third-order valence-corrected chi connectivity index (χ3v) is 2.97. The summed E-state index contributed by atoms with van der Waals surface area (Å²) in [6.07, 6.45) is 1.65. The number of para-hydroxylation sites is 1. The third-order valence-electron chi connectivity index (χ3n) is 2.97. The number of carbonyl (C=O) groups excluding carboxylic acids is 2. The molecule has 20 heavy (non-hydrogen) atoms. The first kappa shape index (κ1) is 14.0. The summed E-state index contributed by atoms with van der Waals surface area (Å²) in [5, 5.41) is 6.25. The van der Waals surface area contributed by atoms with Gasteiger partial charge in [0.25, 0.3) is 5.91 Å². The zero-order chi connectivity index (χ0) is 14.5. The molecule has 0 saturated carbocycles. The van der Waals surface area contributed by atoms with Crippen LogP contribution in [0.1, 0.15) is 24.2 Å². The van der Waals surface area contributed by atoms with Crippen LogP contribution in [0, 0.1) is 0 Å². The van der Waals surface area contributed by atoms with E-state index in [0.29, 0.717) is 17.6 Å². The lowest BCUT2D eigenvalue weighted by Crippen LogP contribution is -2.44. The second-order valence-electron chi connectivity index (χ2n) is 4.47. The molecule has 1 heterocycles. The molecule has 0 bridgehead atoms. The van der Waals surface area contributed by atoms with Gasteiger partial charge in [-0.25, -0.2) is 0 Å². The second-order valence-corrected chi connectivity index (χ2v) is 4.47. The molecule has 1 aromatic carbocycles. The molecule has 1 aromatic heterocycles. The normalized spacial score (nSPS) is 11.9. The monoisotopic (exact) mass is 271 g/mol. The molecule has 2 amide bonds. The standard InChI is InChI=1S/C15H17N3O2/c1-3-16-14(19)10(2)18-15(20)12-8-4-6-11-7-5-9-17-13(11)12/h4-10H,3H2,1-2H3,(H,16,19)(H,18,20). The minimum atomic E-state index is -0.582. The number of fused-ring (bicyclic) bond motifs is 1. The van der Waals surface area contributed by atoms with Crippen molar-refractivity contribution in [3.63, 3.8) is 0 Å². The van der Waals surface area contributed by atoms with Crippen LogP contribution < -0.4 is 10.6 Å². The number of nitrogens with zero attached hydrogens (tertiary/aromatic N) is 1. The Morgan fingerprint density at radius 1 is 1.25 bits per heavy atom. The summed E-state index contributed by atoms with van der Waals surface area (Å²) in [5.74, 6) is -0.498. The lowest BCUT2D eigenvalue weighted by Gasteiger charge is -2.14. The maximum Gasteiger partial charge on any atom is 0.254 e. The van der Waals surface area contributed by atoms with Gasteiger partial charge in [0.15, 0.2) is 0 Å². The molecule has 0 spiro atoms. The molecule has 1 unspecified atom stereocenters. The van der Waals surface area contributed by atoms with Crippen LogP contribution >= 0.6 is 0 Å². The minimum Gasteiger partial charge on any atom is -0.355 e. The number of pyridine rings is 1. The maximum atomic E-state index is 12.2. The molecule has 0 radical (unpaired) electrons. The van der Waals surface area contributed by atoms with E-state index in [1.807, 2.05) is 25.1 Å². The number of hydrogen-bond donors (Lipinski definition) is 2. The average Bonchev–Trinajstić information content (AvgIpc) is 2.46. The smallest absolute Gasteiger partial charge is 0.254 e. The van der Waals surface area contributed by atoms with E-state index in [2.05, 4.69) is 15.6 Å². The van der Waals surface area contributed by atoms with Crippen molar-refractivity contribution in [2.75, 3.05) is 6.54 Å². The van der Waals surface area contributed by atoms with Crippen molar-refractivity contribution < 1.29 is 9.59 Å². The Bertz CT molecular complexity index is 635. The van der Waals surface area contributed by atoms with Crippen molar-refractivity contribution in [2.45, 2.75) is 19.9 Å². The van der Waals surface area contributed by atoms with Crippen molar-refractivity contribution in [1.82, 2.24) is 15.6 Å². The number of carbonyl (C=O) groups is 2. The number of hydrogen-bond acceptors (Lipinski definition) is 3. The van der Waals surface area contributed by atoms with Gasteiger partial charge in [-0.2, -0.15) is 0 Å². The van der Waals surface area contributed by atoms with Crippen molar-refractivity contribution >= 4 is 22.7 Å². The summed E-state index contributed by atoms with van der Waals surface area (Å²) in [7, 11) is 0. The zero-order valence-electron chi connectivity index (χ0n) is 11.5. The third kappa shape index (κ3) is 2.93. The van der Waals surface area contributed by atoms with Crippen LogP contribution in [0.4, 0.5) is 0 Å². The summed E-state index contributed by atoms with van der Waals surface area (Å²) in [6.45, 7) is 4.03. The van der Waals surface area contributed by atoms with Gasteiger partial charge in [-0.05, 0) is 26.0 Å². The van der Waals surface area contributed by atoms with E-state index >= 15 is 0 Å². The molecule has 0 fully saturated rings. The van der Waals surface area contributed by atoms with Gasteiger partial charge in [-0.3, -0.25) is 14.6 Å². The summed E-state index contributed by atoms with van der Waals surface area (Å²) in [5.41, 5.74) is 1.11. The quantitative estimate of drug-likeness (QED) is 0.885. The SMILES string of the molecule is CCNC(=O)C(C)NC(=O)c1cccc2cccnc12. The Kier molecular flexibility index (Phi) is 4.30. The average molecular weight is 271 g/mol. The Morgan fingerprint density at radius 2 is 2.00 bits per heavy atom. The lowest BCUT2D eigenvalue weighted by atomic mass is 10.1. The Morgan fingerprint density at radius 3 is 2.75 bits per heavy atom. The molecule has 2 N–H and O–H groups in total. The van der Waals surface area contributed by atoms with Gasteiger partial charge >= 0.3 is 0 Å². The van der Waals surface area contributed by atoms with Crippen LogP contribution in [0.15, 0.2) is 36.5 Å². The highest BCUT2D eigenvalue weighted by Gasteiger charge is 2.17. The molecular formula is C15H17N3O2. The topological polar surface area (TPSA) is 71.1 Å². The summed E-state index contributed by atoms with van der Waals surface area (Å²) in [6, 6.07) is 8.53. The molecule has 0 aliphatic heterocycles. The summed E-state index contributed by atoms with van der Waals surface area (Å²) >= 11 is 0. The van der Waals surface area contributed by atoms with Crippen LogP contribution in [0.5, 0.6) is 0 Å². The first-order chi connectivity index (χ1) is 9.63. The van der Waals surface area contributed by atoms with Crippen molar-refractivity contribution in [2.24, 2.45) is 0 Å². The highest BCUT2D eigenvalue weighted by Crippen LogP contribution is 2.15. The van der Waals surface area contributed by atoms with Crippen LogP contribution in [0.2, 0.25) is 0 Å². The number of likely N-dealkylation sites (N-methyl/N-ethyl adjacent to an activating group) is 1. The predicted molar refractivity (Wildman–Crippen MR) is 77.4 cm³/mol. The van der Waals surface area contributed by atoms with Crippen LogP contribution in [-0.4, -0.2) is 29.4 Å². The summed E-state index contributed by atoms with van der Waals surface area (Å²) < 4.78 is 0. The zero-order valence-corrected chi connectivity index (χ0v) is 11.5.